The number of aliphatic hydroxyl groups excluding tert-OH is 2. The summed E-state index contributed by atoms with van der Waals surface area (Å²) in [5, 5.41) is 27.0. The van der Waals surface area contributed by atoms with Crippen LogP contribution in [0, 0.1) is 0 Å². The Morgan fingerprint density at radius 2 is 2.50 bits per heavy atom. The molecular formula is C6H12O4. The smallest absolute Gasteiger partial charge is 0.165 e. The molecule has 3 N–H and O–H groups in total. The maximum Gasteiger partial charge on any atom is 0.165 e. The van der Waals surface area contributed by atoms with Crippen molar-refractivity contribution in [1.82, 2.24) is 0 Å². The predicted octanol–water partition coefficient (Wildman–Crippen LogP) is -1.16. The molecule has 0 amide bonds. The van der Waals surface area contributed by atoms with Crippen molar-refractivity contribution >= 4 is 0 Å². The molecule has 4 unspecified atom stereocenters. The lowest BCUT2D eigenvalue weighted by atomic mass is 10.1. The van der Waals surface area contributed by atoms with Crippen LogP contribution in [0.15, 0.2) is 0 Å². The Labute approximate surface area is 60.5 Å². The van der Waals surface area contributed by atoms with Crippen molar-refractivity contribution in [3.63, 3.8) is 0 Å². The molecule has 4 nitrogen and oxygen atoms in total. The monoisotopic (exact) mass is 149 g/mol. The second-order valence-electron chi connectivity index (χ2n) is 2.55. The number of aliphatic hydroxyl groups is 3. The standard InChI is InChI=1S/C6H12O4/c1-6(9)2-4(8)5(3-7)10-6/h4-5,7-9H,2-3H2,1H3/i2D. The van der Waals surface area contributed by atoms with Crippen LogP contribution in [0.4, 0.5) is 0 Å². The fourth-order valence-electron chi connectivity index (χ4n) is 0.985. The molecule has 0 aromatic carbocycles. The van der Waals surface area contributed by atoms with Gasteiger partial charge in [0.1, 0.15) is 6.10 Å². The third kappa shape index (κ3) is 1.46. The van der Waals surface area contributed by atoms with Crippen molar-refractivity contribution in [2.45, 2.75) is 31.3 Å². The van der Waals surface area contributed by atoms with Crippen LogP contribution in [-0.2, 0) is 4.74 Å². The second kappa shape index (κ2) is 2.47. The van der Waals surface area contributed by atoms with Gasteiger partial charge in [0, 0.05) is 7.77 Å². The van der Waals surface area contributed by atoms with Gasteiger partial charge in [-0.3, -0.25) is 0 Å². The highest BCUT2D eigenvalue weighted by Crippen LogP contribution is 2.27. The Bertz CT molecular complexity index is 150. The molecule has 1 rings (SSSR count). The zero-order chi connectivity index (χ0) is 8.65. The lowest BCUT2D eigenvalue weighted by Gasteiger charge is -2.15. The fraction of sp³-hybridized carbons (Fsp3) is 1.00. The lowest BCUT2D eigenvalue weighted by Crippen LogP contribution is -2.26. The SMILES string of the molecule is [2H]C1C(O)C(CO)OC1(C)O. The van der Waals surface area contributed by atoms with Gasteiger partial charge in [-0.2, -0.15) is 0 Å². The molecule has 0 aromatic rings. The first-order chi connectivity index (χ1) is 4.99. The summed E-state index contributed by atoms with van der Waals surface area (Å²) in [5.41, 5.74) is 0. The number of ether oxygens (including phenoxy) is 1. The molecule has 0 radical (unpaired) electrons. The molecule has 4 atom stereocenters. The molecule has 1 aliphatic rings. The van der Waals surface area contributed by atoms with E-state index in [2.05, 4.69) is 0 Å². The average Bonchev–Trinajstić information content (AvgIpc) is 2.13. The van der Waals surface area contributed by atoms with Crippen LogP contribution in [-0.4, -0.2) is 39.9 Å². The maximum atomic E-state index is 9.25. The van der Waals surface area contributed by atoms with Gasteiger partial charge >= 0.3 is 0 Å². The van der Waals surface area contributed by atoms with Crippen molar-refractivity contribution in [2.75, 3.05) is 6.61 Å². The Balaban J connectivity index is 2.69. The van der Waals surface area contributed by atoms with Gasteiger partial charge in [0.25, 0.3) is 0 Å². The van der Waals surface area contributed by atoms with Crippen molar-refractivity contribution < 1.29 is 21.4 Å². The Morgan fingerprint density at radius 1 is 1.90 bits per heavy atom. The first-order valence-electron chi connectivity index (χ1n) is 3.68. The lowest BCUT2D eigenvalue weighted by molar-refractivity contribution is -0.185. The molecule has 1 fully saturated rings. The van der Waals surface area contributed by atoms with E-state index in [0.717, 1.165) is 0 Å². The largest absolute Gasteiger partial charge is 0.394 e. The average molecular weight is 149 g/mol. The Hall–Kier alpha value is -0.160. The molecule has 4 heteroatoms. The number of rotatable bonds is 1. The Kier molecular flexibility index (Phi) is 1.61. The van der Waals surface area contributed by atoms with Gasteiger partial charge in [-0.15, -0.1) is 0 Å². The molecule has 1 heterocycles. The third-order valence-corrected chi connectivity index (χ3v) is 1.43. The van der Waals surface area contributed by atoms with Crippen LogP contribution < -0.4 is 0 Å². The van der Waals surface area contributed by atoms with Crippen LogP contribution in [0.5, 0.6) is 0 Å². The van der Waals surface area contributed by atoms with Gasteiger partial charge in [0.15, 0.2) is 5.79 Å². The topological polar surface area (TPSA) is 69.9 Å². The van der Waals surface area contributed by atoms with Gasteiger partial charge in [-0.05, 0) is 6.92 Å². The molecule has 1 saturated heterocycles. The van der Waals surface area contributed by atoms with E-state index < -0.39 is 24.4 Å². The highest BCUT2D eigenvalue weighted by molar-refractivity contribution is 4.83. The summed E-state index contributed by atoms with van der Waals surface area (Å²) in [6.07, 6.45) is -3.07. The number of hydrogen-bond donors (Lipinski definition) is 3. The first-order valence-corrected chi connectivity index (χ1v) is 3.10. The van der Waals surface area contributed by atoms with Crippen LogP contribution in [0.2, 0.25) is 0 Å². The summed E-state index contributed by atoms with van der Waals surface area (Å²) < 4.78 is 12.0. The predicted molar refractivity (Wildman–Crippen MR) is 33.2 cm³/mol. The van der Waals surface area contributed by atoms with Crippen molar-refractivity contribution in [3.8, 4) is 0 Å². The molecule has 0 spiro atoms. The molecule has 10 heavy (non-hydrogen) atoms. The third-order valence-electron chi connectivity index (χ3n) is 1.43. The highest BCUT2D eigenvalue weighted by atomic mass is 16.6. The van der Waals surface area contributed by atoms with E-state index in [1.807, 2.05) is 0 Å². The molecule has 60 valence electrons. The van der Waals surface area contributed by atoms with E-state index in [9.17, 15) is 5.11 Å². The summed E-state index contributed by atoms with van der Waals surface area (Å²) in [7, 11) is 0. The van der Waals surface area contributed by atoms with E-state index in [1.54, 1.807) is 0 Å². The summed E-state index contributed by atoms with van der Waals surface area (Å²) in [4.78, 5) is 0. The van der Waals surface area contributed by atoms with E-state index >= 15 is 0 Å². The molecule has 0 bridgehead atoms. The zero-order valence-electron chi connectivity index (χ0n) is 6.69. The molecule has 0 saturated carbocycles. The van der Waals surface area contributed by atoms with Gasteiger partial charge < -0.3 is 20.1 Å². The summed E-state index contributed by atoms with van der Waals surface area (Å²) >= 11 is 0. The summed E-state index contributed by atoms with van der Waals surface area (Å²) in [5.74, 6) is -1.65. The Morgan fingerprint density at radius 3 is 2.70 bits per heavy atom. The summed E-state index contributed by atoms with van der Waals surface area (Å²) in [6.45, 7) is 0.913. The van der Waals surface area contributed by atoms with Crippen LogP contribution in [0.25, 0.3) is 0 Å². The van der Waals surface area contributed by atoms with Crippen LogP contribution >= 0.6 is 0 Å². The quantitative estimate of drug-likeness (QED) is 0.439. The minimum atomic E-state index is -1.65. The highest BCUT2D eigenvalue weighted by Gasteiger charge is 2.40. The van der Waals surface area contributed by atoms with Gasteiger partial charge in [-0.1, -0.05) is 0 Å². The van der Waals surface area contributed by atoms with E-state index in [4.69, 9.17) is 16.3 Å². The van der Waals surface area contributed by atoms with E-state index in [0.29, 0.717) is 0 Å². The minimum Gasteiger partial charge on any atom is -0.394 e. The van der Waals surface area contributed by atoms with E-state index in [-0.39, 0.29) is 6.61 Å². The van der Waals surface area contributed by atoms with Crippen LogP contribution in [0.1, 0.15) is 14.7 Å². The fourth-order valence-corrected chi connectivity index (χ4v) is 0.985. The maximum absolute atomic E-state index is 9.25. The summed E-state index contributed by atoms with van der Waals surface area (Å²) in [6, 6.07) is 0. The molecule has 1 aliphatic heterocycles. The minimum absolute atomic E-state index is 0.382. The molecule has 0 aliphatic carbocycles. The first kappa shape index (κ1) is 6.54. The zero-order valence-corrected chi connectivity index (χ0v) is 5.69. The van der Waals surface area contributed by atoms with Crippen molar-refractivity contribution in [1.29, 1.82) is 0 Å². The van der Waals surface area contributed by atoms with Gasteiger partial charge in [-0.25, -0.2) is 0 Å². The van der Waals surface area contributed by atoms with Crippen molar-refractivity contribution in [2.24, 2.45) is 0 Å². The molecular weight excluding hydrogens is 136 g/mol. The van der Waals surface area contributed by atoms with E-state index in [1.165, 1.54) is 6.92 Å². The van der Waals surface area contributed by atoms with Gasteiger partial charge in [0.2, 0.25) is 0 Å². The number of hydrogen-bond acceptors (Lipinski definition) is 4. The normalized spacial score (nSPS) is 56.8. The van der Waals surface area contributed by atoms with Crippen molar-refractivity contribution in [3.05, 3.63) is 0 Å². The second-order valence-corrected chi connectivity index (χ2v) is 2.55. The molecule has 0 aromatic heterocycles. The van der Waals surface area contributed by atoms with Crippen LogP contribution in [0.3, 0.4) is 0 Å². The van der Waals surface area contributed by atoms with Gasteiger partial charge in [0.05, 0.1) is 12.7 Å².